The summed E-state index contributed by atoms with van der Waals surface area (Å²) in [7, 11) is 0. The van der Waals surface area contributed by atoms with Gasteiger partial charge < -0.3 is 10.6 Å². The molecule has 104 valence electrons. The lowest BCUT2D eigenvalue weighted by Gasteiger charge is -2.34. The van der Waals surface area contributed by atoms with Crippen molar-refractivity contribution in [3.8, 4) is 0 Å². The van der Waals surface area contributed by atoms with Crippen LogP contribution in [-0.2, 0) is 0 Å². The number of nitro groups is 1. The second-order valence-electron chi connectivity index (χ2n) is 5.19. The van der Waals surface area contributed by atoms with E-state index in [1.807, 2.05) is 13.0 Å². The highest BCUT2D eigenvalue weighted by molar-refractivity contribution is 5.61. The summed E-state index contributed by atoms with van der Waals surface area (Å²) >= 11 is 0. The van der Waals surface area contributed by atoms with Gasteiger partial charge in [0, 0.05) is 24.8 Å². The van der Waals surface area contributed by atoms with Crippen molar-refractivity contribution in [2.45, 2.75) is 26.2 Å². The third-order valence-corrected chi connectivity index (χ3v) is 4.00. The van der Waals surface area contributed by atoms with Crippen molar-refractivity contribution < 1.29 is 4.92 Å². The standard InChI is InChI=1S/C14H21N3O2/c1-11-13(3-2-4-14(11)17(18)19)16-9-6-12(5-8-15)7-10-16/h2-4,12H,5-10,15H2,1H3. The number of hydrogen-bond donors (Lipinski definition) is 1. The van der Waals surface area contributed by atoms with Crippen molar-refractivity contribution in [1.82, 2.24) is 0 Å². The summed E-state index contributed by atoms with van der Waals surface area (Å²) in [6.45, 7) is 4.51. The van der Waals surface area contributed by atoms with Crippen LogP contribution in [0.2, 0.25) is 0 Å². The third-order valence-electron chi connectivity index (χ3n) is 4.00. The van der Waals surface area contributed by atoms with Crippen molar-refractivity contribution in [3.05, 3.63) is 33.9 Å². The van der Waals surface area contributed by atoms with Crippen LogP contribution in [0.1, 0.15) is 24.8 Å². The molecule has 5 nitrogen and oxygen atoms in total. The van der Waals surface area contributed by atoms with Crippen LogP contribution in [0.15, 0.2) is 18.2 Å². The number of rotatable bonds is 4. The molecule has 0 unspecified atom stereocenters. The van der Waals surface area contributed by atoms with Crippen LogP contribution in [-0.4, -0.2) is 24.6 Å². The van der Waals surface area contributed by atoms with Gasteiger partial charge in [0.1, 0.15) is 0 Å². The van der Waals surface area contributed by atoms with E-state index in [2.05, 4.69) is 4.90 Å². The maximum Gasteiger partial charge on any atom is 0.274 e. The van der Waals surface area contributed by atoms with Crippen LogP contribution in [0.3, 0.4) is 0 Å². The van der Waals surface area contributed by atoms with Gasteiger partial charge in [-0.2, -0.15) is 0 Å². The summed E-state index contributed by atoms with van der Waals surface area (Å²) in [4.78, 5) is 12.9. The summed E-state index contributed by atoms with van der Waals surface area (Å²) in [5.41, 5.74) is 7.57. The maximum atomic E-state index is 11.0. The van der Waals surface area contributed by atoms with Gasteiger partial charge in [-0.1, -0.05) is 6.07 Å². The Kier molecular flexibility index (Phi) is 4.37. The van der Waals surface area contributed by atoms with Crippen molar-refractivity contribution in [3.63, 3.8) is 0 Å². The van der Waals surface area contributed by atoms with E-state index in [-0.39, 0.29) is 10.6 Å². The predicted molar refractivity (Wildman–Crippen MR) is 76.4 cm³/mol. The van der Waals surface area contributed by atoms with E-state index in [0.29, 0.717) is 5.92 Å². The van der Waals surface area contributed by atoms with Crippen LogP contribution in [0, 0.1) is 23.0 Å². The average Bonchev–Trinajstić information content (AvgIpc) is 2.40. The first kappa shape index (κ1) is 13.8. The maximum absolute atomic E-state index is 11.0. The number of anilines is 1. The zero-order chi connectivity index (χ0) is 13.8. The van der Waals surface area contributed by atoms with E-state index < -0.39 is 0 Å². The second kappa shape index (κ2) is 6.02. The fourth-order valence-electron chi connectivity index (χ4n) is 2.85. The molecule has 0 spiro atoms. The molecule has 0 bridgehead atoms. The smallest absolute Gasteiger partial charge is 0.274 e. The molecule has 5 heteroatoms. The summed E-state index contributed by atoms with van der Waals surface area (Å²) in [6.07, 6.45) is 3.33. The van der Waals surface area contributed by atoms with Gasteiger partial charge in [0.05, 0.1) is 10.5 Å². The molecule has 1 fully saturated rings. The SMILES string of the molecule is Cc1c(N2CCC(CCN)CC2)cccc1[N+](=O)[O-]. The van der Waals surface area contributed by atoms with Gasteiger partial charge in [0.25, 0.3) is 5.69 Å². The monoisotopic (exact) mass is 263 g/mol. The Labute approximate surface area is 113 Å². The molecule has 1 saturated heterocycles. The van der Waals surface area contributed by atoms with E-state index in [9.17, 15) is 10.1 Å². The zero-order valence-electron chi connectivity index (χ0n) is 11.3. The van der Waals surface area contributed by atoms with Gasteiger partial charge >= 0.3 is 0 Å². The molecule has 1 aromatic carbocycles. The van der Waals surface area contributed by atoms with Crippen molar-refractivity contribution in [2.24, 2.45) is 11.7 Å². The van der Waals surface area contributed by atoms with Gasteiger partial charge in [0.2, 0.25) is 0 Å². The number of nitro benzene ring substituents is 1. The molecule has 2 N–H and O–H groups in total. The van der Waals surface area contributed by atoms with Crippen LogP contribution >= 0.6 is 0 Å². The molecule has 2 rings (SSSR count). The first-order valence-electron chi connectivity index (χ1n) is 6.82. The Morgan fingerprint density at radius 1 is 1.42 bits per heavy atom. The summed E-state index contributed by atoms with van der Waals surface area (Å²) in [5.74, 6) is 0.709. The third kappa shape index (κ3) is 3.04. The Morgan fingerprint density at radius 3 is 2.68 bits per heavy atom. The molecular weight excluding hydrogens is 242 g/mol. The first-order chi connectivity index (χ1) is 9.13. The lowest BCUT2D eigenvalue weighted by atomic mass is 9.93. The van der Waals surface area contributed by atoms with Gasteiger partial charge in [-0.15, -0.1) is 0 Å². The largest absolute Gasteiger partial charge is 0.371 e. The normalized spacial score (nSPS) is 16.6. The summed E-state index contributed by atoms with van der Waals surface area (Å²) in [6, 6.07) is 5.32. The minimum Gasteiger partial charge on any atom is -0.371 e. The molecule has 19 heavy (non-hydrogen) atoms. The van der Waals surface area contributed by atoms with Gasteiger partial charge in [-0.05, 0) is 44.7 Å². The fraction of sp³-hybridized carbons (Fsp3) is 0.571. The molecule has 1 aliphatic rings. The zero-order valence-corrected chi connectivity index (χ0v) is 11.3. The Morgan fingerprint density at radius 2 is 2.11 bits per heavy atom. The molecule has 0 aliphatic carbocycles. The van der Waals surface area contributed by atoms with Crippen LogP contribution in [0.5, 0.6) is 0 Å². The van der Waals surface area contributed by atoms with Gasteiger partial charge in [0.15, 0.2) is 0 Å². The minimum absolute atomic E-state index is 0.210. The molecule has 0 radical (unpaired) electrons. The minimum atomic E-state index is -0.306. The number of nitrogens with zero attached hydrogens (tertiary/aromatic N) is 2. The molecule has 0 amide bonds. The molecular formula is C14H21N3O2. The quantitative estimate of drug-likeness (QED) is 0.669. The number of hydrogen-bond acceptors (Lipinski definition) is 4. The fourth-order valence-corrected chi connectivity index (χ4v) is 2.85. The number of nitrogens with two attached hydrogens (primary N) is 1. The van der Waals surface area contributed by atoms with E-state index in [4.69, 9.17) is 5.73 Å². The first-order valence-corrected chi connectivity index (χ1v) is 6.82. The van der Waals surface area contributed by atoms with Crippen LogP contribution in [0.25, 0.3) is 0 Å². The highest BCUT2D eigenvalue weighted by atomic mass is 16.6. The lowest BCUT2D eigenvalue weighted by molar-refractivity contribution is -0.385. The van der Waals surface area contributed by atoms with Gasteiger partial charge in [-0.3, -0.25) is 10.1 Å². The lowest BCUT2D eigenvalue weighted by Crippen LogP contribution is -2.34. The van der Waals surface area contributed by atoms with E-state index in [0.717, 1.165) is 50.1 Å². The predicted octanol–water partition coefficient (Wildman–Crippen LogP) is 2.47. The Bertz CT molecular complexity index is 454. The topological polar surface area (TPSA) is 72.4 Å². The average molecular weight is 263 g/mol. The van der Waals surface area contributed by atoms with Crippen molar-refractivity contribution >= 4 is 11.4 Å². The van der Waals surface area contributed by atoms with Crippen molar-refractivity contribution in [1.29, 1.82) is 0 Å². The molecule has 0 aromatic heterocycles. The summed E-state index contributed by atoms with van der Waals surface area (Å²) < 4.78 is 0. The van der Waals surface area contributed by atoms with Gasteiger partial charge in [-0.25, -0.2) is 0 Å². The van der Waals surface area contributed by atoms with Crippen LogP contribution in [0.4, 0.5) is 11.4 Å². The Balaban J connectivity index is 2.11. The molecule has 1 aromatic rings. The van der Waals surface area contributed by atoms with E-state index in [1.165, 1.54) is 0 Å². The highest BCUT2D eigenvalue weighted by Gasteiger charge is 2.22. The second-order valence-corrected chi connectivity index (χ2v) is 5.19. The number of benzene rings is 1. The van der Waals surface area contributed by atoms with E-state index in [1.54, 1.807) is 12.1 Å². The molecule has 0 saturated carbocycles. The number of piperidine rings is 1. The van der Waals surface area contributed by atoms with E-state index >= 15 is 0 Å². The Hall–Kier alpha value is -1.62. The van der Waals surface area contributed by atoms with Crippen LogP contribution < -0.4 is 10.6 Å². The summed E-state index contributed by atoms with van der Waals surface area (Å²) in [5, 5.41) is 11.0. The van der Waals surface area contributed by atoms with Crippen molar-refractivity contribution in [2.75, 3.05) is 24.5 Å². The molecule has 1 heterocycles. The molecule has 1 aliphatic heterocycles. The highest BCUT2D eigenvalue weighted by Crippen LogP contribution is 2.31. The molecule has 0 atom stereocenters.